The fraction of sp³-hybridized carbons (Fsp3) is 0.250. The summed E-state index contributed by atoms with van der Waals surface area (Å²) in [5, 5.41) is 0. The first-order chi connectivity index (χ1) is 9.24. The van der Waals surface area contributed by atoms with Crippen LogP contribution < -0.4 is 10.5 Å². The van der Waals surface area contributed by atoms with Crippen LogP contribution in [0, 0.1) is 5.82 Å². The summed E-state index contributed by atoms with van der Waals surface area (Å²) in [6, 6.07) is 14.4. The summed E-state index contributed by atoms with van der Waals surface area (Å²) in [5.41, 5.74) is 7.94. The fourth-order valence-corrected chi connectivity index (χ4v) is 1.91. The molecule has 0 spiro atoms. The van der Waals surface area contributed by atoms with E-state index in [-0.39, 0.29) is 17.7 Å². The van der Waals surface area contributed by atoms with E-state index in [1.54, 1.807) is 18.2 Å². The number of hydrogen-bond donors (Lipinski definition) is 1. The highest BCUT2D eigenvalue weighted by molar-refractivity contribution is 5.28. The van der Waals surface area contributed by atoms with Crippen LogP contribution in [0.4, 0.5) is 4.39 Å². The van der Waals surface area contributed by atoms with Crippen molar-refractivity contribution >= 4 is 0 Å². The van der Waals surface area contributed by atoms with Gasteiger partial charge in [0.15, 0.2) is 11.6 Å². The van der Waals surface area contributed by atoms with Crippen molar-refractivity contribution in [3.05, 3.63) is 65.5 Å². The largest absolute Gasteiger partial charge is 0.481 e. The van der Waals surface area contributed by atoms with E-state index in [4.69, 9.17) is 10.5 Å². The maximum absolute atomic E-state index is 13.6. The van der Waals surface area contributed by atoms with E-state index in [9.17, 15) is 4.39 Å². The lowest BCUT2D eigenvalue weighted by atomic mass is 10.1. The molecule has 0 saturated heterocycles. The molecule has 0 fully saturated rings. The number of aryl methyl sites for hydroxylation is 1. The highest BCUT2D eigenvalue weighted by Gasteiger charge is 2.13. The number of benzene rings is 2. The lowest BCUT2D eigenvalue weighted by Gasteiger charge is -2.18. The van der Waals surface area contributed by atoms with Crippen LogP contribution in [0.1, 0.15) is 24.2 Å². The summed E-state index contributed by atoms with van der Waals surface area (Å²) < 4.78 is 19.2. The highest BCUT2D eigenvalue weighted by atomic mass is 19.1. The van der Waals surface area contributed by atoms with Crippen LogP contribution in [0.25, 0.3) is 0 Å². The van der Waals surface area contributed by atoms with Gasteiger partial charge in [0.1, 0.15) is 6.10 Å². The van der Waals surface area contributed by atoms with E-state index in [1.807, 2.05) is 24.3 Å². The molecule has 0 saturated carbocycles. The van der Waals surface area contributed by atoms with Gasteiger partial charge in [-0.25, -0.2) is 4.39 Å². The van der Waals surface area contributed by atoms with Crippen LogP contribution in [-0.4, -0.2) is 6.54 Å². The molecule has 2 nitrogen and oxygen atoms in total. The van der Waals surface area contributed by atoms with Crippen LogP contribution in [0.15, 0.2) is 48.5 Å². The second kappa shape index (κ2) is 6.34. The topological polar surface area (TPSA) is 35.2 Å². The van der Waals surface area contributed by atoms with Crippen molar-refractivity contribution in [2.24, 2.45) is 5.73 Å². The van der Waals surface area contributed by atoms with Gasteiger partial charge in [-0.05, 0) is 29.7 Å². The van der Waals surface area contributed by atoms with Gasteiger partial charge in [0.05, 0.1) is 0 Å². The molecule has 3 heteroatoms. The van der Waals surface area contributed by atoms with Crippen molar-refractivity contribution in [1.29, 1.82) is 0 Å². The molecule has 2 rings (SSSR count). The van der Waals surface area contributed by atoms with Gasteiger partial charge in [-0.15, -0.1) is 0 Å². The van der Waals surface area contributed by atoms with Crippen LogP contribution in [0.2, 0.25) is 0 Å². The first kappa shape index (κ1) is 13.6. The first-order valence-electron chi connectivity index (χ1n) is 6.44. The molecule has 0 heterocycles. The van der Waals surface area contributed by atoms with Gasteiger partial charge in [-0.3, -0.25) is 0 Å². The number of nitrogens with two attached hydrogens (primary N) is 1. The zero-order valence-corrected chi connectivity index (χ0v) is 11.0. The Kier molecular flexibility index (Phi) is 4.53. The number of ether oxygens (including phenoxy) is 1. The minimum absolute atomic E-state index is 0.234. The maximum Gasteiger partial charge on any atom is 0.165 e. The van der Waals surface area contributed by atoms with Crippen molar-refractivity contribution in [3.8, 4) is 5.75 Å². The number of hydrogen-bond acceptors (Lipinski definition) is 2. The van der Waals surface area contributed by atoms with E-state index < -0.39 is 0 Å². The lowest BCUT2D eigenvalue weighted by Crippen LogP contribution is -2.18. The Labute approximate surface area is 113 Å². The molecular weight excluding hydrogens is 241 g/mol. The van der Waals surface area contributed by atoms with Gasteiger partial charge in [-0.2, -0.15) is 0 Å². The Bertz CT molecular complexity index is 525. The van der Waals surface area contributed by atoms with E-state index in [0.29, 0.717) is 6.54 Å². The van der Waals surface area contributed by atoms with Crippen molar-refractivity contribution in [2.75, 3.05) is 6.54 Å². The van der Waals surface area contributed by atoms with Crippen LogP contribution >= 0.6 is 0 Å². The molecule has 2 aromatic rings. The molecule has 2 aromatic carbocycles. The van der Waals surface area contributed by atoms with Crippen molar-refractivity contribution in [1.82, 2.24) is 0 Å². The van der Waals surface area contributed by atoms with Crippen molar-refractivity contribution in [2.45, 2.75) is 19.4 Å². The smallest absolute Gasteiger partial charge is 0.165 e. The monoisotopic (exact) mass is 259 g/mol. The third-order valence-corrected chi connectivity index (χ3v) is 3.08. The second-order valence-electron chi connectivity index (χ2n) is 4.37. The quantitative estimate of drug-likeness (QED) is 0.892. The summed E-state index contributed by atoms with van der Waals surface area (Å²) in [6.45, 7) is 2.41. The predicted molar refractivity (Wildman–Crippen MR) is 74.6 cm³/mol. The third kappa shape index (κ3) is 3.32. The average Bonchev–Trinajstić information content (AvgIpc) is 2.47. The predicted octanol–water partition coefficient (Wildman–Crippen LogP) is 3.47. The number of rotatable bonds is 5. The summed E-state index contributed by atoms with van der Waals surface area (Å²) in [5.74, 6) is -0.136. The lowest BCUT2D eigenvalue weighted by molar-refractivity contribution is 0.204. The molecule has 100 valence electrons. The fourth-order valence-electron chi connectivity index (χ4n) is 1.91. The third-order valence-electron chi connectivity index (χ3n) is 3.08. The molecule has 0 aliphatic carbocycles. The Morgan fingerprint density at radius 3 is 2.37 bits per heavy atom. The molecule has 1 atom stereocenters. The molecular formula is C16H18FNO. The van der Waals surface area contributed by atoms with Crippen LogP contribution in [0.5, 0.6) is 5.75 Å². The van der Waals surface area contributed by atoms with Gasteiger partial charge >= 0.3 is 0 Å². The Morgan fingerprint density at radius 2 is 1.79 bits per heavy atom. The Morgan fingerprint density at radius 1 is 1.11 bits per heavy atom. The van der Waals surface area contributed by atoms with E-state index >= 15 is 0 Å². The molecule has 0 aliphatic heterocycles. The molecule has 0 aromatic heterocycles. The average molecular weight is 259 g/mol. The second-order valence-corrected chi connectivity index (χ2v) is 4.37. The van der Waals surface area contributed by atoms with Crippen LogP contribution in [0.3, 0.4) is 0 Å². The molecule has 1 unspecified atom stereocenters. The first-order valence-corrected chi connectivity index (χ1v) is 6.44. The van der Waals surface area contributed by atoms with Crippen LogP contribution in [-0.2, 0) is 6.42 Å². The van der Waals surface area contributed by atoms with Crippen molar-refractivity contribution < 1.29 is 9.13 Å². The summed E-state index contributed by atoms with van der Waals surface area (Å²) in [4.78, 5) is 0. The highest BCUT2D eigenvalue weighted by Crippen LogP contribution is 2.24. The van der Waals surface area contributed by atoms with Gasteiger partial charge in [0.2, 0.25) is 0 Å². The van der Waals surface area contributed by atoms with Gasteiger partial charge < -0.3 is 10.5 Å². The van der Waals surface area contributed by atoms with Gasteiger partial charge in [0.25, 0.3) is 0 Å². The molecule has 0 bridgehead atoms. The number of para-hydroxylation sites is 1. The summed E-state index contributed by atoms with van der Waals surface area (Å²) >= 11 is 0. The SMILES string of the molecule is CCc1ccc(C(CN)Oc2ccccc2F)cc1. The Balaban J connectivity index is 2.17. The maximum atomic E-state index is 13.6. The van der Waals surface area contributed by atoms with Crippen molar-refractivity contribution in [3.63, 3.8) is 0 Å². The Hall–Kier alpha value is -1.87. The molecule has 0 amide bonds. The zero-order valence-electron chi connectivity index (χ0n) is 11.0. The molecule has 19 heavy (non-hydrogen) atoms. The molecule has 0 radical (unpaired) electrons. The summed E-state index contributed by atoms with van der Waals surface area (Å²) in [7, 11) is 0. The van der Waals surface area contributed by atoms with E-state index in [2.05, 4.69) is 6.92 Å². The zero-order chi connectivity index (χ0) is 13.7. The van der Waals surface area contributed by atoms with E-state index in [1.165, 1.54) is 11.6 Å². The van der Waals surface area contributed by atoms with Gasteiger partial charge in [0, 0.05) is 6.54 Å². The van der Waals surface area contributed by atoms with Gasteiger partial charge in [-0.1, -0.05) is 43.3 Å². The molecule has 0 aliphatic rings. The number of halogens is 1. The normalized spacial score (nSPS) is 12.2. The minimum Gasteiger partial charge on any atom is -0.481 e. The minimum atomic E-state index is -0.369. The standard InChI is InChI=1S/C16H18FNO/c1-2-12-7-9-13(10-8-12)16(11-18)19-15-6-4-3-5-14(15)17/h3-10,16H,2,11,18H2,1H3. The summed E-state index contributed by atoms with van der Waals surface area (Å²) in [6.07, 6.45) is 0.657. The van der Waals surface area contributed by atoms with E-state index in [0.717, 1.165) is 12.0 Å². The molecule has 2 N–H and O–H groups in total.